The predicted octanol–water partition coefficient (Wildman–Crippen LogP) is 5.45. The van der Waals surface area contributed by atoms with E-state index in [1.807, 2.05) is 0 Å². The SMILES string of the molecule is CNC(c1cc(Cl)c(Br)cc1F)c1cc(F)ccc1Br. The standard InChI is InChI=1S/C14H10Br2ClF2N/c1-20-14(8-4-7(18)2-3-10(8)15)9-5-12(17)11(16)6-13(9)19/h2-6,14,20H,1H3. The average molecular weight is 425 g/mol. The monoisotopic (exact) mass is 423 g/mol. The molecule has 2 rings (SSSR count). The van der Waals surface area contributed by atoms with Crippen LogP contribution in [0.5, 0.6) is 0 Å². The summed E-state index contributed by atoms with van der Waals surface area (Å²) in [5.41, 5.74) is 0.955. The molecule has 0 fully saturated rings. The molecule has 0 aliphatic rings. The van der Waals surface area contributed by atoms with Crippen molar-refractivity contribution in [3.8, 4) is 0 Å². The minimum atomic E-state index is -0.509. The van der Waals surface area contributed by atoms with Crippen LogP contribution >= 0.6 is 43.5 Å². The Labute approximate surface area is 137 Å². The summed E-state index contributed by atoms with van der Waals surface area (Å²) in [5.74, 6) is -0.802. The van der Waals surface area contributed by atoms with Crippen LogP contribution in [-0.4, -0.2) is 7.05 Å². The van der Waals surface area contributed by atoms with Crippen molar-refractivity contribution in [1.82, 2.24) is 5.32 Å². The molecule has 20 heavy (non-hydrogen) atoms. The van der Waals surface area contributed by atoms with Crippen molar-refractivity contribution >= 4 is 43.5 Å². The first-order valence-electron chi connectivity index (χ1n) is 5.70. The summed E-state index contributed by atoms with van der Waals surface area (Å²) in [4.78, 5) is 0. The van der Waals surface area contributed by atoms with Crippen molar-refractivity contribution in [2.24, 2.45) is 0 Å². The zero-order chi connectivity index (χ0) is 14.9. The van der Waals surface area contributed by atoms with Gasteiger partial charge in [0.2, 0.25) is 0 Å². The van der Waals surface area contributed by atoms with Crippen LogP contribution in [0.25, 0.3) is 0 Å². The largest absolute Gasteiger partial charge is 0.309 e. The zero-order valence-corrected chi connectivity index (χ0v) is 14.3. The van der Waals surface area contributed by atoms with Gasteiger partial charge in [-0.2, -0.15) is 0 Å². The Hall–Kier alpha value is -0.490. The molecular formula is C14H10Br2ClF2N. The molecule has 0 spiro atoms. The molecule has 0 heterocycles. The summed E-state index contributed by atoms with van der Waals surface area (Å²) < 4.78 is 28.7. The third-order valence-corrected chi connectivity index (χ3v) is 4.83. The van der Waals surface area contributed by atoms with E-state index in [2.05, 4.69) is 37.2 Å². The van der Waals surface area contributed by atoms with Crippen LogP contribution in [0.1, 0.15) is 17.2 Å². The Balaban J connectivity index is 2.58. The number of halogens is 5. The second-order valence-corrected chi connectivity index (χ2v) is 6.29. The number of hydrogen-bond donors (Lipinski definition) is 1. The fraction of sp³-hybridized carbons (Fsp3) is 0.143. The second kappa shape index (κ2) is 6.52. The van der Waals surface area contributed by atoms with Gasteiger partial charge in [0, 0.05) is 14.5 Å². The topological polar surface area (TPSA) is 12.0 Å². The minimum Gasteiger partial charge on any atom is -0.309 e. The zero-order valence-electron chi connectivity index (χ0n) is 10.4. The fourth-order valence-corrected chi connectivity index (χ4v) is 2.94. The van der Waals surface area contributed by atoms with Gasteiger partial charge >= 0.3 is 0 Å². The summed E-state index contributed by atoms with van der Waals surface area (Å²) in [6, 6.07) is 6.61. The Kier molecular flexibility index (Phi) is 5.18. The first-order chi connectivity index (χ1) is 9.43. The van der Waals surface area contributed by atoms with E-state index in [-0.39, 0.29) is 5.82 Å². The molecule has 6 heteroatoms. The number of benzene rings is 2. The van der Waals surface area contributed by atoms with E-state index in [0.717, 1.165) is 0 Å². The van der Waals surface area contributed by atoms with E-state index in [1.165, 1.54) is 24.3 Å². The van der Waals surface area contributed by atoms with Crippen molar-refractivity contribution in [2.75, 3.05) is 7.05 Å². The lowest BCUT2D eigenvalue weighted by Gasteiger charge is -2.20. The van der Waals surface area contributed by atoms with Crippen molar-refractivity contribution in [1.29, 1.82) is 0 Å². The van der Waals surface area contributed by atoms with E-state index in [9.17, 15) is 8.78 Å². The lowest BCUT2D eigenvalue weighted by molar-refractivity contribution is 0.570. The highest BCUT2D eigenvalue weighted by molar-refractivity contribution is 9.10. The van der Waals surface area contributed by atoms with Crippen molar-refractivity contribution in [3.05, 3.63) is 67.1 Å². The summed E-state index contributed by atoms with van der Waals surface area (Å²) in [6.45, 7) is 0. The summed E-state index contributed by atoms with van der Waals surface area (Å²) in [5, 5.41) is 3.38. The summed E-state index contributed by atoms with van der Waals surface area (Å²) in [6.07, 6.45) is 0. The highest BCUT2D eigenvalue weighted by Crippen LogP contribution is 2.34. The lowest BCUT2D eigenvalue weighted by Crippen LogP contribution is -2.19. The molecule has 0 amide bonds. The molecule has 0 aromatic heterocycles. The molecule has 0 radical (unpaired) electrons. The van der Waals surface area contributed by atoms with Gasteiger partial charge in [0.15, 0.2) is 0 Å². The van der Waals surface area contributed by atoms with Crippen LogP contribution in [0.2, 0.25) is 5.02 Å². The van der Waals surface area contributed by atoms with Gasteiger partial charge in [-0.05, 0) is 58.9 Å². The summed E-state index contributed by atoms with van der Waals surface area (Å²) >= 11 is 12.5. The first-order valence-corrected chi connectivity index (χ1v) is 7.67. The fourth-order valence-electron chi connectivity index (χ4n) is 1.97. The predicted molar refractivity (Wildman–Crippen MR) is 84.1 cm³/mol. The van der Waals surface area contributed by atoms with Gasteiger partial charge < -0.3 is 5.32 Å². The molecule has 0 aliphatic carbocycles. The Morgan fingerprint density at radius 1 is 1.05 bits per heavy atom. The van der Waals surface area contributed by atoms with Gasteiger partial charge in [0.05, 0.1) is 11.1 Å². The lowest BCUT2D eigenvalue weighted by atomic mass is 9.98. The van der Waals surface area contributed by atoms with Crippen LogP contribution < -0.4 is 5.32 Å². The minimum absolute atomic E-state index is 0.354. The molecule has 2 aromatic carbocycles. The Bertz CT molecular complexity index is 649. The van der Waals surface area contributed by atoms with Crippen LogP contribution in [0.4, 0.5) is 8.78 Å². The van der Waals surface area contributed by atoms with Crippen molar-refractivity contribution < 1.29 is 8.78 Å². The second-order valence-electron chi connectivity index (χ2n) is 4.18. The molecule has 0 saturated carbocycles. The maximum absolute atomic E-state index is 14.1. The molecule has 0 saturated heterocycles. The van der Waals surface area contributed by atoms with E-state index in [0.29, 0.717) is 25.1 Å². The van der Waals surface area contributed by atoms with Gasteiger partial charge in [-0.3, -0.25) is 0 Å². The van der Waals surface area contributed by atoms with Crippen molar-refractivity contribution in [3.63, 3.8) is 0 Å². The van der Waals surface area contributed by atoms with E-state index >= 15 is 0 Å². The smallest absolute Gasteiger partial charge is 0.129 e. The Morgan fingerprint density at radius 3 is 2.40 bits per heavy atom. The molecule has 1 N–H and O–H groups in total. The maximum Gasteiger partial charge on any atom is 0.129 e. The molecule has 0 bridgehead atoms. The van der Waals surface area contributed by atoms with E-state index in [4.69, 9.17) is 11.6 Å². The van der Waals surface area contributed by atoms with Crippen LogP contribution in [0, 0.1) is 11.6 Å². The van der Waals surface area contributed by atoms with Crippen LogP contribution in [0.15, 0.2) is 39.3 Å². The molecule has 1 atom stereocenters. The maximum atomic E-state index is 14.1. The molecular weight excluding hydrogens is 415 g/mol. The molecule has 0 aliphatic heterocycles. The van der Waals surface area contributed by atoms with Crippen LogP contribution in [-0.2, 0) is 0 Å². The summed E-state index contributed by atoms with van der Waals surface area (Å²) in [7, 11) is 1.68. The average Bonchev–Trinajstić information content (AvgIpc) is 2.40. The van der Waals surface area contributed by atoms with Gasteiger partial charge in [-0.25, -0.2) is 8.78 Å². The first kappa shape index (κ1) is 15.9. The van der Waals surface area contributed by atoms with Gasteiger partial charge in [-0.1, -0.05) is 27.5 Å². The molecule has 1 unspecified atom stereocenters. The van der Waals surface area contributed by atoms with Crippen molar-refractivity contribution in [2.45, 2.75) is 6.04 Å². The molecule has 2 aromatic rings. The number of rotatable bonds is 3. The van der Waals surface area contributed by atoms with E-state index < -0.39 is 11.9 Å². The quantitative estimate of drug-likeness (QED) is 0.645. The number of hydrogen-bond acceptors (Lipinski definition) is 1. The highest BCUT2D eigenvalue weighted by Gasteiger charge is 2.20. The highest BCUT2D eigenvalue weighted by atomic mass is 79.9. The van der Waals surface area contributed by atoms with Gasteiger partial charge in [0.25, 0.3) is 0 Å². The molecule has 1 nitrogen and oxygen atoms in total. The van der Waals surface area contributed by atoms with Gasteiger partial charge in [0.1, 0.15) is 11.6 Å². The normalized spacial score (nSPS) is 12.5. The van der Waals surface area contributed by atoms with E-state index in [1.54, 1.807) is 13.1 Å². The van der Waals surface area contributed by atoms with Crippen LogP contribution in [0.3, 0.4) is 0 Å². The third kappa shape index (κ3) is 3.22. The third-order valence-electron chi connectivity index (χ3n) is 2.91. The molecule has 106 valence electrons. The Morgan fingerprint density at radius 2 is 1.75 bits per heavy atom. The number of nitrogens with one attached hydrogen (secondary N) is 1. The van der Waals surface area contributed by atoms with Gasteiger partial charge in [-0.15, -0.1) is 0 Å².